The monoisotopic (exact) mass is 249 g/mol. The van der Waals surface area contributed by atoms with Crippen molar-refractivity contribution in [2.24, 2.45) is 5.73 Å². The molecule has 1 aliphatic heterocycles. The number of anilines is 2. The zero-order chi connectivity index (χ0) is 12.8. The first-order valence-corrected chi connectivity index (χ1v) is 6.87. The van der Waals surface area contributed by atoms with Gasteiger partial charge in [0.25, 0.3) is 0 Å². The highest BCUT2D eigenvalue weighted by Crippen LogP contribution is 2.26. The van der Waals surface area contributed by atoms with Crippen LogP contribution in [0.15, 0.2) is 12.4 Å². The van der Waals surface area contributed by atoms with Crippen molar-refractivity contribution in [3.8, 4) is 0 Å². The van der Waals surface area contributed by atoms with Crippen LogP contribution in [0, 0.1) is 0 Å². The Morgan fingerprint density at radius 3 is 3.17 bits per heavy atom. The molecule has 0 aromatic carbocycles. The highest BCUT2D eigenvalue weighted by atomic mass is 15.2. The molecule has 3 N–H and O–H groups in total. The van der Waals surface area contributed by atoms with Crippen molar-refractivity contribution < 1.29 is 0 Å². The fourth-order valence-electron chi connectivity index (χ4n) is 2.48. The van der Waals surface area contributed by atoms with Gasteiger partial charge in [0.05, 0.1) is 0 Å². The molecule has 5 nitrogen and oxygen atoms in total. The largest absolute Gasteiger partial charge is 0.370 e. The minimum atomic E-state index is 0.545. The molecule has 1 atom stereocenters. The van der Waals surface area contributed by atoms with E-state index in [0.717, 1.165) is 44.1 Å². The summed E-state index contributed by atoms with van der Waals surface area (Å²) in [5.74, 6) is 1.94. The van der Waals surface area contributed by atoms with Gasteiger partial charge in [-0.1, -0.05) is 6.92 Å². The molecule has 1 aliphatic rings. The number of aromatic nitrogens is 2. The Hall–Kier alpha value is -1.36. The molecule has 0 amide bonds. The first-order chi connectivity index (χ1) is 8.85. The molecule has 1 aromatic heterocycles. The molecular weight excluding hydrogens is 226 g/mol. The molecule has 2 heterocycles. The van der Waals surface area contributed by atoms with E-state index in [4.69, 9.17) is 5.73 Å². The number of rotatable bonds is 6. The van der Waals surface area contributed by atoms with Crippen molar-refractivity contribution in [2.45, 2.75) is 38.6 Å². The molecule has 0 saturated carbocycles. The quantitative estimate of drug-likeness (QED) is 0.802. The van der Waals surface area contributed by atoms with Gasteiger partial charge in [-0.2, -0.15) is 0 Å². The second-order valence-corrected chi connectivity index (χ2v) is 4.76. The minimum absolute atomic E-state index is 0.545. The Morgan fingerprint density at radius 1 is 1.50 bits per heavy atom. The van der Waals surface area contributed by atoms with Gasteiger partial charge in [0.15, 0.2) is 0 Å². The lowest BCUT2D eigenvalue weighted by Gasteiger charge is -2.25. The van der Waals surface area contributed by atoms with Gasteiger partial charge in [-0.25, -0.2) is 9.97 Å². The smallest absolute Gasteiger partial charge is 0.134 e. The van der Waals surface area contributed by atoms with Gasteiger partial charge < -0.3 is 16.0 Å². The van der Waals surface area contributed by atoms with Gasteiger partial charge in [-0.05, 0) is 32.2 Å². The Kier molecular flexibility index (Phi) is 4.75. The lowest BCUT2D eigenvalue weighted by molar-refractivity contribution is 0.614. The zero-order valence-corrected chi connectivity index (χ0v) is 11.1. The highest BCUT2D eigenvalue weighted by Gasteiger charge is 2.24. The molecule has 1 unspecified atom stereocenters. The third kappa shape index (κ3) is 3.10. The first kappa shape index (κ1) is 13.1. The third-order valence-electron chi connectivity index (χ3n) is 3.38. The number of hydrogen-bond donors (Lipinski definition) is 2. The molecule has 2 rings (SSSR count). The third-order valence-corrected chi connectivity index (χ3v) is 3.38. The summed E-state index contributed by atoms with van der Waals surface area (Å²) in [6.07, 6.45) is 6.23. The summed E-state index contributed by atoms with van der Waals surface area (Å²) in [7, 11) is 0. The lowest BCUT2D eigenvalue weighted by atomic mass is 10.1. The van der Waals surface area contributed by atoms with Crippen molar-refractivity contribution in [3.63, 3.8) is 0 Å². The standard InChI is InChI=1S/C13H23N5/c1-2-7-15-12-9-13(17-10-16-12)18-8-3-4-11(18)5-6-14/h9-11H,2-8,14H2,1H3,(H,15,16,17). The van der Waals surface area contributed by atoms with E-state index >= 15 is 0 Å². The Labute approximate surface area is 109 Å². The van der Waals surface area contributed by atoms with Crippen LogP contribution in [0.4, 0.5) is 11.6 Å². The SMILES string of the molecule is CCCNc1cc(N2CCCC2CCN)ncn1. The van der Waals surface area contributed by atoms with Crippen LogP contribution in [-0.2, 0) is 0 Å². The van der Waals surface area contributed by atoms with Crippen molar-refractivity contribution in [3.05, 3.63) is 12.4 Å². The molecule has 100 valence electrons. The van der Waals surface area contributed by atoms with Gasteiger partial charge in [-0.3, -0.25) is 0 Å². The predicted molar refractivity (Wildman–Crippen MR) is 74.9 cm³/mol. The molecule has 0 bridgehead atoms. The summed E-state index contributed by atoms with van der Waals surface area (Å²) in [4.78, 5) is 11.0. The van der Waals surface area contributed by atoms with Crippen molar-refractivity contribution in [1.82, 2.24) is 9.97 Å². The number of nitrogens with zero attached hydrogens (tertiary/aromatic N) is 3. The van der Waals surface area contributed by atoms with E-state index in [2.05, 4.69) is 27.1 Å². The summed E-state index contributed by atoms with van der Waals surface area (Å²) < 4.78 is 0. The van der Waals surface area contributed by atoms with Crippen molar-refractivity contribution in [1.29, 1.82) is 0 Å². The molecule has 18 heavy (non-hydrogen) atoms. The fourth-order valence-corrected chi connectivity index (χ4v) is 2.48. The Morgan fingerprint density at radius 2 is 2.39 bits per heavy atom. The number of hydrogen-bond acceptors (Lipinski definition) is 5. The number of nitrogens with one attached hydrogen (secondary N) is 1. The van der Waals surface area contributed by atoms with Crippen LogP contribution in [0.2, 0.25) is 0 Å². The molecule has 1 saturated heterocycles. The fraction of sp³-hybridized carbons (Fsp3) is 0.692. The number of nitrogens with two attached hydrogens (primary N) is 1. The first-order valence-electron chi connectivity index (χ1n) is 6.87. The molecule has 0 spiro atoms. The molecule has 0 radical (unpaired) electrons. The van der Waals surface area contributed by atoms with E-state index in [9.17, 15) is 0 Å². The van der Waals surface area contributed by atoms with Crippen LogP contribution >= 0.6 is 0 Å². The van der Waals surface area contributed by atoms with Gasteiger partial charge in [-0.15, -0.1) is 0 Å². The van der Waals surface area contributed by atoms with E-state index in [0.29, 0.717) is 6.04 Å². The summed E-state index contributed by atoms with van der Waals surface area (Å²) >= 11 is 0. The second kappa shape index (κ2) is 6.54. The molecular formula is C13H23N5. The zero-order valence-electron chi connectivity index (χ0n) is 11.1. The van der Waals surface area contributed by atoms with Gasteiger partial charge in [0.2, 0.25) is 0 Å². The maximum atomic E-state index is 5.67. The van der Waals surface area contributed by atoms with E-state index in [1.807, 2.05) is 6.07 Å². The van der Waals surface area contributed by atoms with E-state index in [-0.39, 0.29) is 0 Å². The topological polar surface area (TPSA) is 67.1 Å². The van der Waals surface area contributed by atoms with Gasteiger partial charge >= 0.3 is 0 Å². The van der Waals surface area contributed by atoms with Crippen LogP contribution < -0.4 is 16.0 Å². The lowest BCUT2D eigenvalue weighted by Crippen LogP contribution is -2.31. The summed E-state index contributed by atoms with van der Waals surface area (Å²) in [5, 5.41) is 3.30. The Bertz CT molecular complexity index is 368. The molecule has 5 heteroatoms. The molecule has 0 aliphatic carbocycles. The van der Waals surface area contributed by atoms with Crippen molar-refractivity contribution in [2.75, 3.05) is 29.9 Å². The van der Waals surface area contributed by atoms with Crippen LogP contribution in [-0.4, -0.2) is 35.6 Å². The summed E-state index contributed by atoms with van der Waals surface area (Å²) in [6.45, 7) is 4.91. The van der Waals surface area contributed by atoms with Crippen LogP contribution in [0.5, 0.6) is 0 Å². The summed E-state index contributed by atoms with van der Waals surface area (Å²) in [6, 6.07) is 2.59. The maximum Gasteiger partial charge on any atom is 0.134 e. The second-order valence-electron chi connectivity index (χ2n) is 4.76. The van der Waals surface area contributed by atoms with E-state index in [1.54, 1.807) is 6.33 Å². The molecule has 1 fully saturated rings. The van der Waals surface area contributed by atoms with E-state index < -0.39 is 0 Å². The van der Waals surface area contributed by atoms with Gasteiger partial charge in [0.1, 0.15) is 18.0 Å². The normalized spacial score (nSPS) is 19.2. The van der Waals surface area contributed by atoms with Crippen LogP contribution in [0.25, 0.3) is 0 Å². The van der Waals surface area contributed by atoms with Crippen molar-refractivity contribution >= 4 is 11.6 Å². The highest BCUT2D eigenvalue weighted by molar-refractivity contribution is 5.49. The Balaban J connectivity index is 2.07. The molecule has 1 aromatic rings. The maximum absolute atomic E-state index is 5.67. The van der Waals surface area contributed by atoms with E-state index in [1.165, 1.54) is 12.8 Å². The van der Waals surface area contributed by atoms with Gasteiger partial charge in [0, 0.05) is 25.2 Å². The van der Waals surface area contributed by atoms with Crippen LogP contribution in [0.3, 0.4) is 0 Å². The average Bonchev–Trinajstić information content (AvgIpc) is 2.85. The summed E-state index contributed by atoms with van der Waals surface area (Å²) in [5.41, 5.74) is 5.67. The minimum Gasteiger partial charge on any atom is -0.370 e. The van der Waals surface area contributed by atoms with Crippen LogP contribution in [0.1, 0.15) is 32.6 Å². The average molecular weight is 249 g/mol. The predicted octanol–water partition coefficient (Wildman–Crippen LogP) is 1.62.